The quantitative estimate of drug-likeness (QED) is 0.679. The molecule has 5 heteroatoms. The second kappa shape index (κ2) is 5.88. The zero-order chi connectivity index (χ0) is 14.7. The molecule has 0 radical (unpaired) electrons. The van der Waals surface area contributed by atoms with Gasteiger partial charge in [-0.2, -0.15) is 0 Å². The van der Waals surface area contributed by atoms with Gasteiger partial charge in [0.1, 0.15) is 5.82 Å². The Hall–Kier alpha value is -1.14. The molecule has 0 spiro atoms. The van der Waals surface area contributed by atoms with Gasteiger partial charge in [0.25, 0.3) is 0 Å². The van der Waals surface area contributed by atoms with E-state index in [9.17, 15) is 14.1 Å². The third kappa shape index (κ3) is 4.47. The van der Waals surface area contributed by atoms with Gasteiger partial charge in [-0.15, -0.1) is 0 Å². The molecule has 0 saturated carbocycles. The van der Waals surface area contributed by atoms with Crippen molar-refractivity contribution in [1.82, 2.24) is 0 Å². The average Bonchev–Trinajstić information content (AvgIpc) is 2.35. The molecule has 0 unspecified atom stereocenters. The highest BCUT2D eigenvalue weighted by atomic mass is 31.2. The van der Waals surface area contributed by atoms with Crippen molar-refractivity contribution >= 4 is 7.37 Å². The number of benzene rings is 1. The van der Waals surface area contributed by atoms with Gasteiger partial charge in [0.05, 0.1) is 0 Å². The lowest BCUT2D eigenvalue weighted by Crippen LogP contribution is -2.03. The molecule has 0 fully saturated rings. The normalized spacial score (nSPS) is 16.1. The minimum Gasteiger partial charge on any atom is -0.377 e. The van der Waals surface area contributed by atoms with E-state index in [0.717, 1.165) is 0 Å². The SMILES string of the molecule is CO[P@@](=O)(C#CC(C)(C)C)[C@@H](O)c1ccc(F)cc1. The first-order valence-electron chi connectivity index (χ1n) is 5.81. The molecule has 1 N–H and O–H groups in total. The molecule has 0 amide bonds. The van der Waals surface area contributed by atoms with Crippen LogP contribution in [0.2, 0.25) is 0 Å². The van der Waals surface area contributed by atoms with E-state index in [0.29, 0.717) is 5.56 Å². The highest BCUT2D eigenvalue weighted by molar-refractivity contribution is 7.64. The molecule has 19 heavy (non-hydrogen) atoms. The Morgan fingerprint density at radius 2 is 1.84 bits per heavy atom. The monoisotopic (exact) mass is 284 g/mol. The van der Waals surface area contributed by atoms with Crippen LogP contribution in [0.4, 0.5) is 4.39 Å². The van der Waals surface area contributed by atoms with E-state index in [-0.39, 0.29) is 5.41 Å². The first-order valence-corrected chi connectivity index (χ1v) is 7.51. The Bertz CT molecular complexity index is 535. The second-order valence-electron chi connectivity index (χ2n) is 5.19. The fourth-order valence-electron chi connectivity index (χ4n) is 1.28. The van der Waals surface area contributed by atoms with E-state index in [1.165, 1.54) is 31.4 Å². The van der Waals surface area contributed by atoms with Crippen molar-refractivity contribution in [2.24, 2.45) is 5.41 Å². The van der Waals surface area contributed by atoms with Crippen molar-refractivity contribution in [3.63, 3.8) is 0 Å². The van der Waals surface area contributed by atoms with Crippen LogP contribution in [0, 0.1) is 22.8 Å². The lowest BCUT2D eigenvalue weighted by molar-refractivity contribution is 0.229. The molecule has 1 aromatic carbocycles. The second-order valence-corrected chi connectivity index (χ2v) is 7.46. The highest BCUT2D eigenvalue weighted by Gasteiger charge is 2.31. The van der Waals surface area contributed by atoms with Crippen LogP contribution in [0.15, 0.2) is 24.3 Å². The van der Waals surface area contributed by atoms with Crippen LogP contribution >= 0.6 is 7.37 Å². The van der Waals surface area contributed by atoms with Crippen LogP contribution < -0.4 is 0 Å². The first-order chi connectivity index (χ1) is 8.68. The van der Waals surface area contributed by atoms with E-state index in [4.69, 9.17) is 4.52 Å². The molecule has 0 saturated heterocycles. The summed E-state index contributed by atoms with van der Waals surface area (Å²) in [6, 6.07) is 5.11. The summed E-state index contributed by atoms with van der Waals surface area (Å²) in [5, 5.41) is 10.1. The zero-order valence-electron chi connectivity index (χ0n) is 11.5. The summed E-state index contributed by atoms with van der Waals surface area (Å²) in [4.78, 5) is 0. The predicted molar refractivity (Wildman–Crippen MR) is 73.2 cm³/mol. The largest absolute Gasteiger partial charge is 0.377 e. The number of aliphatic hydroxyl groups excluding tert-OH is 1. The van der Waals surface area contributed by atoms with Crippen molar-refractivity contribution in [1.29, 1.82) is 0 Å². The zero-order valence-corrected chi connectivity index (χ0v) is 12.4. The molecular formula is C14H18FO3P. The number of hydrogen-bond donors (Lipinski definition) is 1. The summed E-state index contributed by atoms with van der Waals surface area (Å²) in [6.45, 7) is 5.60. The smallest absolute Gasteiger partial charge is 0.305 e. The van der Waals surface area contributed by atoms with E-state index >= 15 is 0 Å². The lowest BCUT2D eigenvalue weighted by atomic mass is 9.99. The summed E-state index contributed by atoms with van der Waals surface area (Å²) >= 11 is 0. The predicted octanol–water partition coefficient (Wildman–Crippen LogP) is 3.75. The Balaban J connectivity index is 3.11. The van der Waals surface area contributed by atoms with Crippen LogP contribution in [-0.4, -0.2) is 12.2 Å². The van der Waals surface area contributed by atoms with Crippen molar-refractivity contribution in [2.45, 2.75) is 26.6 Å². The fourth-order valence-corrected chi connectivity index (χ4v) is 2.75. The van der Waals surface area contributed by atoms with Crippen molar-refractivity contribution < 1.29 is 18.6 Å². The minimum absolute atomic E-state index is 0.315. The molecule has 0 aliphatic carbocycles. The van der Waals surface area contributed by atoms with Gasteiger partial charge in [0, 0.05) is 12.5 Å². The van der Waals surface area contributed by atoms with E-state index in [2.05, 4.69) is 11.6 Å². The number of rotatable bonds is 3. The Labute approximate surface area is 113 Å². The summed E-state index contributed by atoms with van der Waals surface area (Å²) in [7, 11) is -2.31. The minimum atomic E-state index is -3.55. The lowest BCUT2D eigenvalue weighted by Gasteiger charge is -2.18. The van der Waals surface area contributed by atoms with Crippen molar-refractivity contribution in [2.75, 3.05) is 7.11 Å². The number of hydrogen-bond acceptors (Lipinski definition) is 3. The van der Waals surface area contributed by atoms with E-state index in [1.807, 2.05) is 20.8 Å². The van der Waals surface area contributed by atoms with Crippen LogP contribution in [0.5, 0.6) is 0 Å². The molecule has 3 nitrogen and oxygen atoms in total. The van der Waals surface area contributed by atoms with E-state index in [1.54, 1.807) is 0 Å². The molecule has 0 aromatic heterocycles. The highest BCUT2D eigenvalue weighted by Crippen LogP contribution is 2.57. The van der Waals surface area contributed by atoms with Gasteiger partial charge >= 0.3 is 7.37 Å². The van der Waals surface area contributed by atoms with E-state index < -0.39 is 19.0 Å². The molecule has 1 aromatic rings. The third-order valence-corrected chi connectivity index (χ3v) is 4.26. The van der Waals surface area contributed by atoms with Crippen LogP contribution in [0.25, 0.3) is 0 Å². The molecule has 104 valence electrons. The molecule has 0 bridgehead atoms. The van der Waals surface area contributed by atoms with Crippen molar-refractivity contribution in [3.05, 3.63) is 35.6 Å². The molecule has 0 heterocycles. The number of halogens is 1. The standard InChI is InChI=1S/C14H18FO3P/c1-14(2,3)9-10-19(17,18-4)13(16)11-5-7-12(15)8-6-11/h5-8,13,16H,1-4H3/t13-,19+/m1/s1. The van der Waals surface area contributed by atoms with Gasteiger partial charge in [0.15, 0.2) is 5.85 Å². The Morgan fingerprint density at radius 3 is 2.26 bits per heavy atom. The van der Waals surface area contributed by atoms with Crippen LogP contribution in [-0.2, 0) is 9.09 Å². The summed E-state index contributed by atoms with van der Waals surface area (Å²) in [6.07, 6.45) is 0. The maximum atomic E-state index is 12.8. The molecule has 0 aliphatic heterocycles. The van der Waals surface area contributed by atoms with Gasteiger partial charge in [-0.05, 0) is 44.1 Å². The van der Waals surface area contributed by atoms with Gasteiger partial charge in [-0.3, -0.25) is 4.57 Å². The maximum absolute atomic E-state index is 12.8. The number of aliphatic hydroxyl groups is 1. The van der Waals surface area contributed by atoms with Gasteiger partial charge in [-0.1, -0.05) is 18.1 Å². The average molecular weight is 284 g/mol. The van der Waals surface area contributed by atoms with Crippen LogP contribution in [0.1, 0.15) is 32.2 Å². The first kappa shape index (κ1) is 15.9. The fraction of sp³-hybridized carbons (Fsp3) is 0.429. The molecule has 0 aliphatic rings. The summed E-state index contributed by atoms with van der Waals surface area (Å²) in [5.74, 6) is 0.995. The summed E-state index contributed by atoms with van der Waals surface area (Å²) in [5.41, 5.74) is 2.50. The van der Waals surface area contributed by atoms with Crippen LogP contribution in [0.3, 0.4) is 0 Å². The third-order valence-electron chi connectivity index (χ3n) is 2.35. The van der Waals surface area contributed by atoms with Gasteiger partial charge in [0.2, 0.25) is 0 Å². The maximum Gasteiger partial charge on any atom is 0.305 e. The Kier molecular flexibility index (Phi) is 4.92. The summed E-state index contributed by atoms with van der Waals surface area (Å²) < 4.78 is 30.2. The molecule has 1 rings (SSSR count). The van der Waals surface area contributed by atoms with Gasteiger partial charge < -0.3 is 9.63 Å². The Morgan fingerprint density at radius 1 is 1.32 bits per heavy atom. The molecule has 2 atom stereocenters. The topological polar surface area (TPSA) is 46.5 Å². The van der Waals surface area contributed by atoms with Crippen molar-refractivity contribution in [3.8, 4) is 11.6 Å². The molecular weight excluding hydrogens is 266 g/mol. The van der Waals surface area contributed by atoms with Gasteiger partial charge in [-0.25, -0.2) is 4.39 Å².